The molecular formula is C24H29ClFN3O3. The number of nitrogens with zero attached hydrogens (tertiary/aromatic N) is 1. The van der Waals surface area contributed by atoms with E-state index < -0.39 is 5.82 Å². The minimum Gasteiger partial charge on any atom is -0.493 e. The number of nitrogens with one attached hydrogen (secondary N) is 2. The Bertz CT molecular complexity index is 1000. The van der Waals surface area contributed by atoms with Crippen molar-refractivity contribution < 1.29 is 18.7 Å². The number of ether oxygens (including phenoxy) is 2. The van der Waals surface area contributed by atoms with E-state index in [9.17, 15) is 9.18 Å². The highest BCUT2D eigenvalue weighted by molar-refractivity contribution is 6.31. The van der Waals surface area contributed by atoms with Gasteiger partial charge < -0.3 is 25.0 Å². The van der Waals surface area contributed by atoms with Crippen molar-refractivity contribution >= 4 is 23.3 Å². The number of benzene rings is 2. The molecule has 3 atom stereocenters. The minimum atomic E-state index is -0.512. The van der Waals surface area contributed by atoms with Gasteiger partial charge in [0, 0.05) is 30.2 Å². The van der Waals surface area contributed by atoms with Crippen LogP contribution in [0.25, 0.3) is 0 Å². The molecule has 32 heavy (non-hydrogen) atoms. The van der Waals surface area contributed by atoms with Gasteiger partial charge in [-0.15, -0.1) is 0 Å². The molecule has 1 heterocycles. The monoisotopic (exact) mass is 461 g/mol. The molecule has 1 aliphatic heterocycles. The first-order chi connectivity index (χ1) is 15.3. The standard InChI is InChI=1S/C24H29ClFN3O3/c1-29-13-16-10-18(28-23(30)27-17-5-6-20(26)19(25)12-17)8-9-24(16,14-29)15-4-7-21(31-2)22(11-15)32-3/h4-7,11-12,16,18H,8-10,13-14H2,1-3H3,(H2,27,28,30)/t16-,18-,24+/m1/s1. The summed E-state index contributed by atoms with van der Waals surface area (Å²) < 4.78 is 24.3. The molecule has 2 aromatic carbocycles. The van der Waals surface area contributed by atoms with Crippen molar-refractivity contribution in [2.24, 2.45) is 5.92 Å². The maximum Gasteiger partial charge on any atom is 0.319 e. The van der Waals surface area contributed by atoms with E-state index >= 15 is 0 Å². The Kier molecular flexibility index (Phi) is 6.49. The zero-order valence-corrected chi connectivity index (χ0v) is 19.3. The van der Waals surface area contributed by atoms with E-state index in [1.807, 2.05) is 6.07 Å². The molecular weight excluding hydrogens is 433 g/mol. The van der Waals surface area contributed by atoms with E-state index in [1.165, 1.54) is 23.8 Å². The van der Waals surface area contributed by atoms with Crippen molar-refractivity contribution in [1.82, 2.24) is 10.2 Å². The predicted octanol–water partition coefficient (Wildman–Crippen LogP) is 4.67. The van der Waals surface area contributed by atoms with Crippen LogP contribution in [0, 0.1) is 11.7 Å². The molecule has 2 amide bonds. The number of carbonyl (C=O) groups excluding carboxylic acids is 1. The number of carbonyl (C=O) groups is 1. The third-order valence-electron chi connectivity index (χ3n) is 6.84. The first-order valence-electron chi connectivity index (χ1n) is 10.8. The number of hydrogen-bond donors (Lipinski definition) is 2. The number of likely N-dealkylation sites (N-methyl/N-ethyl adjacent to an activating group) is 1. The maximum atomic E-state index is 13.4. The number of amides is 2. The Morgan fingerprint density at radius 1 is 1.19 bits per heavy atom. The van der Waals surface area contributed by atoms with E-state index in [0.29, 0.717) is 11.6 Å². The third-order valence-corrected chi connectivity index (χ3v) is 7.13. The lowest BCUT2D eigenvalue weighted by molar-refractivity contribution is 0.197. The number of anilines is 1. The molecule has 0 aromatic heterocycles. The SMILES string of the molecule is COc1ccc([C@@]23CC[C@@H](NC(=O)Nc4ccc(F)c(Cl)c4)C[C@@H]2CN(C)C3)cc1OC. The fourth-order valence-electron chi connectivity index (χ4n) is 5.38. The highest BCUT2D eigenvalue weighted by atomic mass is 35.5. The number of halogens is 2. The molecule has 1 saturated carbocycles. The lowest BCUT2D eigenvalue weighted by Crippen LogP contribution is -2.48. The zero-order chi connectivity index (χ0) is 22.9. The molecule has 6 nitrogen and oxygen atoms in total. The molecule has 1 saturated heterocycles. The van der Waals surface area contributed by atoms with Crippen molar-refractivity contribution in [1.29, 1.82) is 0 Å². The number of urea groups is 1. The lowest BCUT2D eigenvalue weighted by Gasteiger charge is -2.42. The van der Waals surface area contributed by atoms with E-state index in [2.05, 4.69) is 34.7 Å². The van der Waals surface area contributed by atoms with Gasteiger partial charge in [0.15, 0.2) is 11.5 Å². The second-order valence-electron chi connectivity index (χ2n) is 8.82. The number of rotatable bonds is 5. The van der Waals surface area contributed by atoms with Crippen LogP contribution in [0.2, 0.25) is 5.02 Å². The fraction of sp³-hybridized carbons (Fsp3) is 0.458. The first kappa shape index (κ1) is 22.7. The summed E-state index contributed by atoms with van der Waals surface area (Å²) in [5, 5.41) is 5.82. The van der Waals surface area contributed by atoms with Crippen LogP contribution >= 0.6 is 11.6 Å². The highest BCUT2D eigenvalue weighted by Gasteiger charge is 2.50. The summed E-state index contributed by atoms with van der Waals surface area (Å²) in [7, 11) is 5.45. The van der Waals surface area contributed by atoms with Crippen LogP contribution in [0.1, 0.15) is 24.8 Å². The quantitative estimate of drug-likeness (QED) is 0.679. The van der Waals surface area contributed by atoms with Gasteiger partial charge >= 0.3 is 6.03 Å². The average molecular weight is 462 g/mol. The lowest BCUT2D eigenvalue weighted by atomic mass is 9.63. The zero-order valence-electron chi connectivity index (χ0n) is 18.6. The summed E-state index contributed by atoms with van der Waals surface area (Å²) >= 11 is 5.81. The predicted molar refractivity (Wildman–Crippen MR) is 123 cm³/mol. The van der Waals surface area contributed by atoms with Crippen LogP contribution < -0.4 is 20.1 Å². The summed E-state index contributed by atoms with van der Waals surface area (Å²) in [6.07, 6.45) is 2.72. The van der Waals surface area contributed by atoms with Gasteiger partial charge in [0.1, 0.15) is 5.82 Å². The van der Waals surface area contributed by atoms with Gasteiger partial charge in [0.05, 0.1) is 19.2 Å². The van der Waals surface area contributed by atoms with Crippen LogP contribution in [-0.4, -0.2) is 51.3 Å². The van der Waals surface area contributed by atoms with Gasteiger partial charge in [0.25, 0.3) is 0 Å². The molecule has 0 spiro atoms. The third kappa shape index (κ3) is 4.36. The first-order valence-corrected chi connectivity index (χ1v) is 11.2. The maximum absolute atomic E-state index is 13.4. The van der Waals surface area contributed by atoms with Crippen molar-refractivity contribution in [3.63, 3.8) is 0 Å². The molecule has 0 bridgehead atoms. The Hall–Kier alpha value is -2.51. The summed E-state index contributed by atoms with van der Waals surface area (Å²) in [5.41, 5.74) is 1.74. The van der Waals surface area contributed by atoms with Crippen LogP contribution in [0.4, 0.5) is 14.9 Å². The van der Waals surface area contributed by atoms with Gasteiger partial charge in [-0.25, -0.2) is 9.18 Å². The summed E-state index contributed by atoms with van der Waals surface area (Å²) in [5.74, 6) is 1.36. The van der Waals surface area contributed by atoms with Crippen molar-refractivity contribution in [3.05, 3.63) is 52.8 Å². The molecule has 1 aliphatic carbocycles. The number of fused-ring (bicyclic) bond motifs is 1. The fourth-order valence-corrected chi connectivity index (χ4v) is 5.56. The second kappa shape index (κ2) is 9.16. The minimum absolute atomic E-state index is 0.0193. The number of methoxy groups -OCH3 is 2. The van der Waals surface area contributed by atoms with E-state index in [4.69, 9.17) is 21.1 Å². The largest absolute Gasteiger partial charge is 0.493 e. The Morgan fingerprint density at radius 2 is 1.97 bits per heavy atom. The second-order valence-corrected chi connectivity index (χ2v) is 9.23. The van der Waals surface area contributed by atoms with Crippen molar-refractivity contribution in [2.75, 3.05) is 39.7 Å². The smallest absolute Gasteiger partial charge is 0.319 e. The van der Waals surface area contributed by atoms with E-state index in [0.717, 1.165) is 43.9 Å². The van der Waals surface area contributed by atoms with Gasteiger partial charge in [-0.2, -0.15) is 0 Å². The van der Waals surface area contributed by atoms with Crippen LogP contribution in [-0.2, 0) is 5.41 Å². The normalized spacial score (nSPS) is 25.2. The Labute approximate surface area is 193 Å². The van der Waals surface area contributed by atoms with Crippen LogP contribution in [0.5, 0.6) is 11.5 Å². The average Bonchev–Trinajstić information content (AvgIpc) is 3.12. The Balaban J connectivity index is 1.47. The molecule has 2 N–H and O–H groups in total. The molecule has 8 heteroatoms. The van der Waals surface area contributed by atoms with Gasteiger partial charge in [-0.3, -0.25) is 0 Å². The molecule has 0 radical (unpaired) electrons. The molecule has 4 rings (SSSR count). The van der Waals surface area contributed by atoms with Crippen molar-refractivity contribution in [3.8, 4) is 11.5 Å². The topological polar surface area (TPSA) is 62.8 Å². The van der Waals surface area contributed by atoms with E-state index in [1.54, 1.807) is 14.2 Å². The number of likely N-dealkylation sites (tertiary alicyclic amines) is 1. The Morgan fingerprint density at radius 3 is 2.69 bits per heavy atom. The van der Waals surface area contributed by atoms with Crippen molar-refractivity contribution in [2.45, 2.75) is 30.7 Å². The summed E-state index contributed by atoms with van der Waals surface area (Å²) in [6.45, 7) is 1.95. The molecule has 2 aliphatic rings. The van der Waals surface area contributed by atoms with Gasteiger partial charge in [-0.1, -0.05) is 17.7 Å². The molecule has 172 valence electrons. The molecule has 0 unspecified atom stereocenters. The van der Waals surface area contributed by atoms with Crippen LogP contribution in [0.15, 0.2) is 36.4 Å². The molecule has 2 aromatic rings. The van der Waals surface area contributed by atoms with Gasteiger partial charge in [0.2, 0.25) is 0 Å². The molecule has 2 fully saturated rings. The van der Waals surface area contributed by atoms with Crippen LogP contribution in [0.3, 0.4) is 0 Å². The summed E-state index contributed by atoms with van der Waals surface area (Å²) in [4.78, 5) is 14.9. The summed E-state index contributed by atoms with van der Waals surface area (Å²) in [6, 6.07) is 10.1. The van der Waals surface area contributed by atoms with Gasteiger partial charge in [-0.05, 0) is 68.1 Å². The van der Waals surface area contributed by atoms with E-state index in [-0.39, 0.29) is 22.5 Å². The number of hydrogen-bond acceptors (Lipinski definition) is 4. The highest BCUT2D eigenvalue weighted by Crippen LogP contribution is 2.49.